The van der Waals surface area contributed by atoms with Crippen molar-refractivity contribution in [2.24, 2.45) is 17.3 Å². The minimum Gasteiger partial charge on any atom is -0.463 e. The van der Waals surface area contributed by atoms with Crippen LogP contribution in [0.25, 0.3) is 0 Å². The van der Waals surface area contributed by atoms with E-state index in [0.29, 0.717) is 6.42 Å². The van der Waals surface area contributed by atoms with Crippen LogP contribution in [0.5, 0.6) is 0 Å². The molecule has 4 heterocycles. The van der Waals surface area contributed by atoms with Crippen molar-refractivity contribution < 1.29 is 33.3 Å². The Hall–Kier alpha value is -1.18. The van der Waals surface area contributed by atoms with Gasteiger partial charge in [-0.15, -0.1) is 0 Å². The van der Waals surface area contributed by atoms with Crippen LogP contribution in [0.2, 0.25) is 0 Å². The van der Waals surface area contributed by atoms with Crippen LogP contribution in [0.3, 0.4) is 0 Å². The van der Waals surface area contributed by atoms with Gasteiger partial charge in [-0.25, -0.2) is 0 Å². The van der Waals surface area contributed by atoms with Gasteiger partial charge >= 0.3 is 5.97 Å². The number of nitrogens with zero attached hydrogens (tertiary/aromatic N) is 4. The van der Waals surface area contributed by atoms with Crippen molar-refractivity contribution in [2.45, 2.75) is 89.9 Å². The number of cyclic esters (lactones) is 1. The summed E-state index contributed by atoms with van der Waals surface area (Å²) in [7, 11) is 9.95. The highest BCUT2D eigenvalue weighted by Crippen LogP contribution is 2.44. The molecule has 0 bridgehead atoms. The maximum Gasteiger partial charge on any atom is 0.319 e. The Morgan fingerprint density at radius 3 is 2.31 bits per heavy atom. The van der Waals surface area contributed by atoms with Crippen LogP contribution in [0, 0.1) is 17.3 Å². The van der Waals surface area contributed by atoms with Crippen molar-refractivity contribution in [2.75, 3.05) is 81.2 Å². The molecule has 4 aliphatic rings. The quantitative estimate of drug-likeness (QED) is 0.350. The molecule has 0 aromatic carbocycles. The van der Waals surface area contributed by atoms with E-state index in [-0.39, 0.29) is 36.5 Å². The largest absolute Gasteiger partial charge is 0.463 e. The Labute approximate surface area is 253 Å². The molecular weight excluding hydrogens is 540 g/mol. The highest BCUT2D eigenvalue weighted by Gasteiger charge is 2.59. The fourth-order valence-electron chi connectivity index (χ4n) is 7.22. The minimum absolute atomic E-state index is 0.0163. The number of methoxy groups -OCH3 is 1. The highest BCUT2D eigenvalue weighted by molar-refractivity contribution is 6.04. The first-order chi connectivity index (χ1) is 19.7. The fraction of sp³-hybridized carbons (Fsp3) is 0.935. The van der Waals surface area contributed by atoms with Gasteiger partial charge in [-0.05, 0) is 61.3 Å². The summed E-state index contributed by atoms with van der Waals surface area (Å²) in [5.74, 6) is -2.56. The molecule has 0 aliphatic carbocycles. The predicted octanol–water partition coefficient (Wildman–Crippen LogP) is 1.54. The monoisotopic (exact) mass is 596 g/mol. The highest BCUT2D eigenvalue weighted by atomic mass is 16.8. The van der Waals surface area contributed by atoms with Crippen molar-refractivity contribution in [3.05, 3.63) is 0 Å². The molecule has 0 aromatic rings. The Bertz CT molecular complexity index is 942. The van der Waals surface area contributed by atoms with E-state index >= 15 is 0 Å². The van der Waals surface area contributed by atoms with Gasteiger partial charge < -0.3 is 33.5 Å². The first-order valence-electron chi connectivity index (χ1n) is 15.7. The Morgan fingerprint density at radius 2 is 1.69 bits per heavy atom. The van der Waals surface area contributed by atoms with E-state index in [2.05, 4.69) is 40.6 Å². The molecule has 0 saturated carbocycles. The first-order valence-corrected chi connectivity index (χ1v) is 15.7. The number of piperazine rings is 1. The number of ether oxygens (including phenoxy) is 5. The van der Waals surface area contributed by atoms with Crippen molar-refractivity contribution in [1.29, 1.82) is 0 Å². The van der Waals surface area contributed by atoms with Gasteiger partial charge in [0.25, 0.3) is 0 Å². The summed E-state index contributed by atoms with van der Waals surface area (Å²) in [5.41, 5.74) is -1.37. The summed E-state index contributed by atoms with van der Waals surface area (Å²) < 4.78 is 32.1. The zero-order chi connectivity index (χ0) is 31.0. The van der Waals surface area contributed by atoms with Gasteiger partial charge in [0.15, 0.2) is 17.9 Å². The number of carbonyl (C=O) groups is 2. The average Bonchev–Trinajstić information content (AvgIpc) is 2.93. The first kappa shape index (κ1) is 33.7. The van der Waals surface area contributed by atoms with E-state index in [4.69, 9.17) is 23.7 Å². The standard InChI is InChI=1S/C31H56N4O7/c1-20-16-31(38-10)27(41-28-25(42-31)24(32(6)7)15-21(2)40-28)22(3)26(36)30(4,5)29(37)39-19-23(34(9)17-20)18-35-13-11-33(8)12-14-35/h20-25,27-28H,11-19H2,1-10H3/t20-,21-,22+,23+,24+,25-,27-,28+,31+/m1/s1. The van der Waals surface area contributed by atoms with E-state index in [1.165, 1.54) is 0 Å². The Morgan fingerprint density at radius 1 is 1.02 bits per heavy atom. The summed E-state index contributed by atoms with van der Waals surface area (Å²) in [6, 6.07) is 0.0390. The summed E-state index contributed by atoms with van der Waals surface area (Å²) in [6.45, 7) is 15.1. The van der Waals surface area contributed by atoms with Crippen molar-refractivity contribution in [3.8, 4) is 0 Å². The molecule has 42 heavy (non-hydrogen) atoms. The number of carbonyl (C=O) groups excluding carboxylic acids is 2. The van der Waals surface area contributed by atoms with E-state index < -0.39 is 41.6 Å². The van der Waals surface area contributed by atoms with E-state index in [1.54, 1.807) is 21.0 Å². The number of ketones is 1. The van der Waals surface area contributed by atoms with Gasteiger partial charge in [0.1, 0.15) is 24.2 Å². The molecule has 11 nitrogen and oxygen atoms in total. The Balaban J connectivity index is 1.67. The lowest BCUT2D eigenvalue weighted by atomic mass is 9.76. The number of esters is 1. The third kappa shape index (κ3) is 7.04. The second kappa shape index (κ2) is 13.4. The summed E-state index contributed by atoms with van der Waals surface area (Å²) in [6.07, 6.45) is -0.535. The predicted molar refractivity (Wildman–Crippen MR) is 159 cm³/mol. The van der Waals surface area contributed by atoms with Crippen LogP contribution < -0.4 is 0 Å². The molecule has 4 aliphatic heterocycles. The molecule has 0 amide bonds. The summed E-state index contributed by atoms with van der Waals surface area (Å²) >= 11 is 0. The fourth-order valence-corrected chi connectivity index (χ4v) is 7.22. The lowest BCUT2D eigenvalue weighted by Crippen LogP contribution is -2.69. The van der Waals surface area contributed by atoms with Gasteiger partial charge in [0.05, 0.1) is 12.1 Å². The van der Waals surface area contributed by atoms with Gasteiger partial charge in [-0.1, -0.05) is 13.8 Å². The van der Waals surface area contributed by atoms with E-state index in [0.717, 1.165) is 45.7 Å². The van der Waals surface area contributed by atoms with Crippen LogP contribution >= 0.6 is 0 Å². The summed E-state index contributed by atoms with van der Waals surface area (Å²) in [4.78, 5) is 36.8. The molecule has 9 atom stereocenters. The molecule has 0 aromatic heterocycles. The van der Waals surface area contributed by atoms with Gasteiger partial charge in [0, 0.05) is 64.8 Å². The average molecular weight is 597 g/mol. The molecule has 4 saturated heterocycles. The second-order valence-corrected chi connectivity index (χ2v) is 14.1. The van der Waals surface area contributed by atoms with Gasteiger partial charge in [0.2, 0.25) is 0 Å². The molecule has 242 valence electrons. The van der Waals surface area contributed by atoms with Gasteiger partial charge in [-0.3, -0.25) is 19.4 Å². The van der Waals surface area contributed by atoms with Crippen LogP contribution in [0.15, 0.2) is 0 Å². The molecule has 0 radical (unpaired) electrons. The van der Waals surface area contributed by atoms with Crippen molar-refractivity contribution >= 4 is 11.8 Å². The normalized spacial score (nSPS) is 41.7. The van der Waals surface area contributed by atoms with Crippen molar-refractivity contribution in [1.82, 2.24) is 19.6 Å². The maximum atomic E-state index is 14.1. The number of Topliss-reactive ketones (excluding diaryl/α,β-unsaturated/α-hetero) is 1. The lowest BCUT2D eigenvalue weighted by Gasteiger charge is -2.55. The molecule has 11 heteroatoms. The molecule has 4 rings (SSSR count). The second-order valence-electron chi connectivity index (χ2n) is 14.1. The Kier molecular flexibility index (Phi) is 10.8. The third-order valence-electron chi connectivity index (χ3n) is 9.97. The van der Waals surface area contributed by atoms with Crippen molar-refractivity contribution in [3.63, 3.8) is 0 Å². The smallest absolute Gasteiger partial charge is 0.319 e. The van der Waals surface area contributed by atoms with E-state index in [9.17, 15) is 9.59 Å². The van der Waals surface area contributed by atoms with Gasteiger partial charge in [-0.2, -0.15) is 0 Å². The summed E-state index contributed by atoms with van der Waals surface area (Å²) in [5, 5.41) is 0. The third-order valence-corrected chi connectivity index (χ3v) is 9.97. The van der Waals surface area contributed by atoms with Crippen LogP contribution in [-0.4, -0.2) is 155 Å². The van der Waals surface area contributed by atoms with Crippen LogP contribution in [0.1, 0.15) is 47.5 Å². The van der Waals surface area contributed by atoms with Crippen LogP contribution in [0.4, 0.5) is 0 Å². The SMILES string of the molecule is CO[C@]12C[C@@H](C)CN(C)[C@@H](CN3CCN(C)CC3)COC(=O)C(C)(C)C(=O)[C@H](C)[C@H]1O[C@@H]1O[C@H](C)C[C@H](N(C)C)[C@H]1O2. The minimum atomic E-state index is -1.37. The molecule has 4 fully saturated rings. The topological polar surface area (TPSA) is 93.2 Å². The molecular formula is C31H56N4O7. The maximum absolute atomic E-state index is 14.1. The number of likely N-dealkylation sites (N-methyl/N-ethyl adjacent to an activating group) is 3. The molecule has 0 unspecified atom stereocenters. The zero-order valence-corrected chi connectivity index (χ0v) is 27.6. The molecule has 0 N–H and O–H groups in total. The number of hydrogen-bond acceptors (Lipinski definition) is 11. The molecule has 0 spiro atoms. The zero-order valence-electron chi connectivity index (χ0n) is 27.6. The van der Waals surface area contributed by atoms with E-state index in [1.807, 2.05) is 27.9 Å². The number of fused-ring (bicyclic) bond motifs is 2. The number of rotatable bonds is 4. The number of hydrogen-bond donors (Lipinski definition) is 0. The lowest BCUT2D eigenvalue weighted by molar-refractivity contribution is -0.424. The van der Waals surface area contributed by atoms with Crippen LogP contribution in [-0.2, 0) is 33.3 Å².